The topological polar surface area (TPSA) is 50.2 Å². The van der Waals surface area contributed by atoms with E-state index in [1.54, 1.807) is 6.20 Å². The molecule has 5 nitrogen and oxygen atoms in total. The molecule has 1 atom stereocenters. The Hall–Kier alpha value is -1.36. The molecule has 1 aliphatic heterocycles. The van der Waals surface area contributed by atoms with Crippen molar-refractivity contribution in [2.45, 2.75) is 50.7 Å². The number of carbonyl (C=O) groups is 1. The number of aryl methyl sites for hydroxylation is 1. The second kappa shape index (κ2) is 5.33. The molecular weight excluding hydrogens is 240 g/mol. The number of nitrogens with zero attached hydrogens (tertiary/aromatic N) is 3. The van der Waals surface area contributed by atoms with Crippen molar-refractivity contribution in [1.29, 1.82) is 0 Å². The van der Waals surface area contributed by atoms with E-state index in [4.69, 9.17) is 0 Å². The molecule has 0 radical (unpaired) electrons. The molecule has 104 valence electrons. The molecule has 1 aliphatic carbocycles. The summed E-state index contributed by atoms with van der Waals surface area (Å²) in [5.74, 6) is 1.24. The Morgan fingerprint density at radius 3 is 2.89 bits per heavy atom. The maximum Gasteiger partial charge on any atom is 0.240 e. The zero-order valence-corrected chi connectivity index (χ0v) is 11.5. The Bertz CT molecular complexity index is 446. The molecule has 1 unspecified atom stereocenters. The van der Waals surface area contributed by atoms with Crippen molar-refractivity contribution in [2.75, 3.05) is 6.54 Å². The standard InChI is InChI=1S/C14H22N4O/c1-17-9-8-16-13(17)10-18(11-5-6-11)14(19)12-4-2-3-7-15-12/h8-9,11-12,15H,2-7,10H2,1H3. The third kappa shape index (κ3) is 2.81. The molecular formula is C14H22N4O. The first kappa shape index (κ1) is 12.7. The number of imidazole rings is 1. The fraction of sp³-hybridized carbons (Fsp3) is 0.714. The van der Waals surface area contributed by atoms with Crippen molar-refractivity contribution in [3.8, 4) is 0 Å². The molecule has 1 N–H and O–H groups in total. The maximum absolute atomic E-state index is 12.6. The Morgan fingerprint density at radius 2 is 2.32 bits per heavy atom. The molecule has 2 fully saturated rings. The van der Waals surface area contributed by atoms with Gasteiger partial charge in [0.05, 0.1) is 12.6 Å². The summed E-state index contributed by atoms with van der Waals surface area (Å²) in [6, 6.07) is 0.461. The molecule has 5 heteroatoms. The third-order valence-electron chi connectivity index (χ3n) is 4.11. The van der Waals surface area contributed by atoms with E-state index >= 15 is 0 Å². The summed E-state index contributed by atoms with van der Waals surface area (Å²) in [7, 11) is 1.98. The molecule has 1 saturated heterocycles. The quantitative estimate of drug-likeness (QED) is 0.882. The zero-order chi connectivity index (χ0) is 13.2. The summed E-state index contributed by atoms with van der Waals surface area (Å²) in [4.78, 5) is 19.0. The van der Waals surface area contributed by atoms with Gasteiger partial charge in [-0.15, -0.1) is 0 Å². The largest absolute Gasteiger partial charge is 0.337 e. The van der Waals surface area contributed by atoms with Gasteiger partial charge in [-0.3, -0.25) is 4.79 Å². The molecule has 0 aromatic carbocycles. The van der Waals surface area contributed by atoms with E-state index in [9.17, 15) is 4.79 Å². The molecule has 3 rings (SSSR count). The molecule has 2 heterocycles. The summed E-state index contributed by atoms with van der Waals surface area (Å²) in [5, 5.41) is 3.36. The Morgan fingerprint density at radius 1 is 1.47 bits per heavy atom. The van der Waals surface area contributed by atoms with Crippen LogP contribution in [0, 0.1) is 0 Å². The lowest BCUT2D eigenvalue weighted by Gasteiger charge is -2.30. The van der Waals surface area contributed by atoms with Crippen LogP contribution in [0.15, 0.2) is 12.4 Å². The average molecular weight is 262 g/mol. The molecule has 1 saturated carbocycles. The van der Waals surface area contributed by atoms with E-state index < -0.39 is 0 Å². The summed E-state index contributed by atoms with van der Waals surface area (Å²) >= 11 is 0. The summed E-state index contributed by atoms with van der Waals surface area (Å²) in [6.07, 6.45) is 9.33. The number of hydrogen-bond donors (Lipinski definition) is 1. The second-order valence-electron chi connectivity index (χ2n) is 5.65. The smallest absolute Gasteiger partial charge is 0.240 e. The number of carbonyl (C=O) groups excluding carboxylic acids is 1. The van der Waals surface area contributed by atoms with Gasteiger partial charge < -0.3 is 14.8 Å². The lowest BCUT2D eigenvalue weighted by Crippen LogP contribution is -2.49. The van der Waals surface area contributed by atoms with Gasteiger partial charge >= 0.3 is 0 Å². The first-order chi connectivity index (χ1) is 9.25. The van der Waals surface area contributed by atoms with Gasteiger partial charge in [0, 0.05) is 25.5 Å². The summed E-state index contributed by atoms with van der Waals surface area (Å²) in [6.45, 7) is 1.61. The highest BCUT2D eigenvalue weighted by Crippen LogP contribution is 2.29. The van der Waals surface area contributed by atoms with Gasteiger partial charge in [0.25, 0.3) is 0 Å². The number of amides is 1. The number of nitrogens with one attached hydrogen (secondary N) is 1. The monoisotopic (exact) mass is 262 g/mol. The minimum Gasteiger partial charge on any atom is -0.337 e. The fourth-order valence-electron chi connectivity index (χ4n) is 2.74. The van der Waals surface area contributed by atoms with Crippen LogP contribution < -0.4 is 5.32 Å². The maximum atomic E-state index is 12.6. The third-order valence-corrected chi connectivity index (χ3v) is 4.11. The van der Waals surface area contributed by atoms with Crippen LogP contribution in [-0.4, -0.2) is 39.0 Å². The first-order valence-corrected chi connectivity index (χ1v) is 7.26. The average Bonchev–Trinajstić information content (AvgIpc) is 3.20. The number of piperidine rings is 1. The van der Waals surface area contributed by atoms with Gasteiger partial charge in [-0.2, -0.15) is 0 Å². The van der Waals surface area contributed by atoms with E-state index in [1.165, 1.54) is 6.42 Å². The van der Waals surface area contributed by atoms with Crippen LogP contribution in [0.3, 0.4) is 0 Å². The minimum absolute atomic E-state index is 0.0228. The molecule has 0 spiro atoms. The Labute approximate surface area is 114 Å². The normalized spacial score (nSPS) is 23.3. The Kier molecular flexibility index (Phi) is 3.55. The molecule has 0 bridgehead atoms. The van der Waals surface area contributed by atoms with E-state index in [1.807, 2.05) is 22.7 Å². The van der Waals surface area contributed by atoms with Crippen LogP contribution in [0.2, 0.25) is 0 Å². The Balaban J connectivity index is 1.70. The van der Waals surface area contributed by atoms with Crippen LogP contribution >= 0.6 is 0 Å². The molecule has 1 amide bonds. The predicted octanol–water partition coefficient (Wildman–Crippen LogP) is 1.05. The van der Waals surface area contributed by atoms with Crippen LogP contribution in [0.4, 0.5) is 0 Å². The van der Waals surface area contributed by atoms with Crippen LogP contribution in [0.1, 0.15) is 37.9 Å². The fourth-order valence-corrected chi connectivity index (χ4v) is 2.74. The van der Waals surface area contributed by atoms with Crippen molar-refractivity contribution < 1.29 is 4.79 Å². The van der Waals surface area contributed by atoms with Crippen molar-refractivity contribution in [1.82, 2.24) is 19.8 Å². The van der Waals surface area contributed by atoms with Crippen LogP contribution in [-0.2, 0) is 18.4 Å². The molecule has 1 aromatic rings. The molecule has 19 heavy (non-hydrogen) atoms. The molecule has 2 aliphatic rings. The van der Waals surface area contributed by atoms with Crippen molar-refractivity contribution in [3.05, 3.63) is 18.2 Å². The highest BCUT2D eigenvalue weighted by molar-refractivity contribution is 5.82. The lowest BCUT2D eigenvalue weighted by atomic mass is 10.0. The van der Waals surface area contributed by atoms with E-state index in [0.717, 1.165) is 38.1 Å². The highest BCUT2D eigenvalue weighted by Gasteiger charge is 2.36. The van der Waals surface area contributed by atoms with Crippen LogP contribution in [0.5, 0.6) is 0 Å². The van der Waals surface area contributed by atoms with Crippen molar-refractivity contribution >= 4 is 5.91 Å². The van der Waals surface area contributed by atoms with Crippen LogP contribution in [0.25, 0.3) is 0 Å². The molecule has 1 aromatic heterocycles. The van der Waals surface area contributed by atoms with E-state index in [0.29, 0.717) is 12.6 Å². The van der Waals surface area contributed by atoms with Gasteiger partial charge in [-0.1, -0.05) is 6.42 Å². The second-order valence-corrected chi connectivity index (χ2v) is 5.65. The SMILES string of the molecule is Cn1ccnc1CN(C(=O)C1CCCCN1)C1CC1. The van der Waals surface area contributed by atoms with Gasteiger partial charge in [-0.25, -0.2) is 4.98 Å². The minimum atomic E-state index is 0.0228. The van der Waals surface area contributed by atoms with E-state index in [-0.39, 0.29) is 11.9 Å². The van der Waals surface area contributed by atoms with Crippen molar-refractivity contribution in [3.63, 3.8) is 0 Å². The summed E-state index contributed by atoms with van der Waals surface area (Å²) < 4.78 is 2.00. The van der Waals surface area contributed by atoms with Gasteiger partial charge in [0.2, 0.25) is 5.91 Å². The van der Waals surface area contributed by atoms with Gasteiger partial charge in [0.1, 0.15) is 5.82 Å². The number of rotatable bonds is 4. The summed E-state index contributed by atoms with van der Waals surface area (Å²) in [5.41, 5.74) is 0. The lowest BCUT2D eigenvalue weighted by molar-refractivity contribution is -0.135. The number of aromatic nitrogens is 2. The predicted molar refractivity (Wildman–Crippen MR) is 72.4 cm³/mol. The van der Waals surface area contributed by atoms with Gasteiger partial charge in [-0.05, 0) is 32.2 Å². The number of hydrogen-bond acceptors (Lipinski definition) is 3. The van der Waals surface area contributed by atoms with E-state index in [2.05, 4.69) is 10.3 Å². The van der Waals surface area contributed by atoms with Gasteiger partial charge in [0.15, 0.2) is 0 Å². The van der Waals surface area contributed by atoms with Crippen molar-refractivity contribution in [2.24, 2.45) is 7.05 Å². The highest BCUT2D eigenvalue weighted by atomic mass is 16.2. The zero-order valence-electron chi connectivity index (χ0n) is 11.5. The first-order valence-electron chi connectivity index (χ1n) is 7.26.